The molecule has 0 aromatic carbocycles. The van der Waals surface area contributed by atoms with Crippen LogP contribution in [0.2, 0.25) is 0 Å². The summed E-state index contributed by atoms with van der Waals surface area (Å²) in [7, 11) is 0. The third-order valence-corrected chi connectivity index (χ3v) is 3.10. The highest BCUT2D eigenvalue weighted by molar-refractivity contribution is 7.81. The first kappa shape index (κ1) is 13.6. The van der Waals surface area contributed by atoms with Crippen LogP contribution in [0.1, 0.15) is 40.0 Å². The predicted molar refractivity (Wildman–Crippen MR) is 65.8 cm³/mol. The Balaban J connectivity index is 2.35. The van der Waals surface area contributed by atoms with Crippen LogP contribution in [0.25, 0.3) is 0 Å². The van der Waals surface area contributed by atoms with Crippen molar-refractivity contribution in [1.82, 2.24) is 5.32 Å². The number of nitrogens with one attached hydrogen (secondary N) is 1. The van der Waals surface area contributed by atoms with Gasteiger partial charge in [-0.1, -0.05) is 0 Å². The van der Waals surface area contributed by atoms with Gasteiger partial charge in [0.1, 0.15) is 5.60 Å². The summed E-state index contributed by atoms with van der Waals surface area (Å²) >= 11 is 4.26. The Labute approximate surface area is 102 Å². The minimum Gasteiger partial charge on any atom is -0.444 e. The van der Waals surface area contributed by atoms with E-state index in [-0.39, 0.29) is 11.3 Å². The number of aliphatic hydroxyl groups excluding tert-OH is 1. The van der Waals surface area contributed by atoms with Crippen LogP contribution in [0.5, 0.6) is 0 Å². The Kier molecular flexibility index (Phi) is 4.50. The van der Waals surface area contributed by atoms with Crippen LogP contribution in [0, 0.1) is 0 Å². The van der Waals surface area contributed by atoms with E-state index in [4.69, 9.17) is 4.74 Å². The lowest BCUT2D eigenvalue weighted by Crippen LogP contribution is -2.45. The van der Waals surface area contributed by atoms with Crippen LogP contribution in [-0.4, -0.2) is 34.2 Å². The maximum Gasteiger partial charge on any atom is 0.407 e. The summed E-state index contributed by atoms with van der Waals surface area (Å²) in [6, 6.07) is -0.00625. The molecule has 0 bridgehead atoms. The summed E-state index contributed by atoms with van der Waals surface area (Å²) in [6.45, 7) is 5.48. The summed E-state index contributed by atoms with van der Waals surface area (Å²) in [4.78, 5) is 11.5. The van der Waals surface area contributed by atoms with Gasteiger partial charge in [-0.3, -0.25) is 0 Å². The SMILES string of the molecule is CC(C)(C)OC(=O)N[C@@H]1CCC(S)[C@H](O)C1. The molecule has 0 radical (unpaired) electrons. The lowest BCUT2D eigenvalue weighted by molar-refractivity contribution is 0.0456. The zero-order valence-corrected chi connectivity index (χ0v) is 11.0. The maximum absolute atomic E-state index is 11.5. The lowest BCUT2D eigenvalue weighted by Gasteiger charge is -2.31. The summed E-state index contributed by atoms with van der Waals surface area (Å²) in [5, 5.41) is 12.4. The number of carbonyl (C=O) groups excluding carboxylic acids is 1. The molecule has 16 heavy (non-hydrogen) atoms. The van der Waals surface area contributed by atoms with E-state index in [1.807, 2.05) is 20.8 Å². The summed E-state index contributed by atoms with van der Waals surface area (Å²) in [5.41, 5.74) is -0.483. The van der Waals surface area contributed by atoms with Crippen LogP contribution in [-0.2, 0) is 4.74 Å². The van der Waals surface area contributed by atoms with Crippen LogP contribution >= 0.6 is 12.6 Å². The smallest absolute Gasteiger partial charge is 0.407 e. The first-order valence-electron chi connectivity index (χ1n) is 5.63. The zero-order chi connectivity index (χ0) is 12.3. The van der Waals surface area contributed by atoms with E-state index in [0.717, 1.165) is 12.8 Å². The van der Waals surface area contributed by atoms with Crippen molar-refractivity contribution >= 4 is 18.7 Å². The van der Waals surface area contributed by atoms with Gasteiger partial charge < -0.3 is 15.2 Å². The van der Waals surface area contributed by atoms with Crippen molar-refractivity contribution in [2.75, 3.05) is 0 Å². The van der Waals surface area contributed by atoms with Gasteiger partial charge in [-0.25, -0.2) is 4.79 Å². The number of alkyl carbamates (subject to hydrolysis) is 1. The molecule has 3 atom stereocenters. The molecule has 0 spiro atoms. The number of hydrogen-bond donors (Lipinski definition) is 3. The van der Waals surface area contributed by atoms with Crippen LogP contribution in [0.4, 0.5) is 4.79 Å². The highest BCUT2D eigenvalue weighted by Crippen LogP contribution is 2.23. The highest BCUT2D eigenvalue weighted by atomic mass is 32.1. The molecule has 1 unspecified atom stereocenters. The summed E-state index contributed by atoms with van der Waals surface area (Å²) in [5.74, 6) is 0. The molecule has 1 saturated carbocycles. The van der Waals surface area contributed by atoms with Gasteiger partial charge in [-0.15, -0.1) is 0 Å². The normalized spacial score (nSPS) is 30.9. The molecule has 1 aliphatic carbocycles. The van der Waals surface area contributed by atoms with Crippen molar-refractivity contribution in [1.29, 1.82) is 0 Å². The Morgan fingerprint density at radius 3 is 2.56 bits per heavy atom. The third kappa shape index (κ3) is 4.61. The molecule has 0 aromatic rings. The quantitative estimate of drug-likeness (QED) is 0.618. The molecule has 1 rings (SSSR count). The van der Waals surface area contributed by atoms with Gasteiger partial charge in [-0.05, 0) is 40.0 Å². The number of thiol groups is 1. The molecule has 0 heterocycles. The van der Waals surface area contributed by atoms with Crippen LogP contribution in [0.15, 0.2) is 0 Å². The molecule has 94 valence electrons. The van der Waals surface area contributed by atoms with Gasteiger partial charge in [0.2, 0.25) is 0 Å². The Morgan fingerprint density at radius 1 is 1.44 bits per heavy atom. The standard InChI is InChI=1S/C11H21NO3S/c1-11(2,3)15-10(14)12-7-4-5-9(16)8(13)6-7/h7-9,13,16H,4-6H2,1-3H3,(H,12,14)/t7-,8-,9?/m1/s1. The molecule has 4 nitrogen and oxygen atoms in total. The second-order valence-corrected chi connectivity index (χ2v) is 5.95. The zero-order valence-electron chi connectivity index (χ0n) is 10.1. The van der Waals surface area contributed by atoms with Crippen LogP contribution in [0.3, 0.4) is 0 Å². The predicted octanol–water partition coefficient (Wildman–Crippen LogP) is 1.72. The van der Waals surface area contributed by atoms with E-state index in [0.29, 0.717) is 6.42 Å². The van der Waals surface area contributed by atoms with Gasteiger partial charge in [0.25, 0.3) is 0 Å². The Bertz CT molecular complexity index is 252. The summed E-state index contributed by atoms with van der Waals surface area (Å²) in [6.07, 6.45) is 1.34. The molecule has 2 N–H and O–H groups in total. The maximum atomic E-state index is 11.5. The van der Waals surface area contributed by atoms with Crippen molar-refractivity contribution in [3.05, 3.63) is 0 Å². The number of hydrogen-bond acceptors (Lipinski definition) is 4. The average molecular weight is 247 g/mol. The van der Waals surface area contributed by atoms with Crippen molar-refractivity contribution in [2.45, 2.75) is 63.0 Å². The number of aliphatic hydroxyl groups is 1. The minimum absolute atomic E-state index is 0.00625. The first-order valence-corrected chi connectivity index (χ1v) is 6.15. The van der Waals surface area contributed by atoms with Crippen molar-refractivity contribution in [3.63, 3.8) is 0 Å². The van der Waals surface area contributed by atoms with Crippen molar-refractivity contribution in [3.8, 4) is 0 Å². The van der Waals surface area contributed by atoms with E-state index in [1.165, 1.54) is 0 Å². The molecule has 0 saturated heterocycles. The largest absolute Gasteiger partial charge is 0.444 e. The lowest BCUT2D eigenvalue weighted by atomic mass is 9.92. The fourth-order valence-corrected chi connectivity index (χ4v) is 2.01. The van der Waals surface area contributed by atoms with Crippen LogP contribution < -0.4 is 5.32 Å². The molecule has 0 aliphatic heterocycles. The molecular formula is C11H21NO3S. The van der Waals surface area contributed by atoms with E-state index in [2.05, 4.69) is 17.9 Å². The number of ether oxygens (including phenoxy) is 1. The van der Waals surface area contributed by atoms with E-state index < -0.39 is 17.8 Å². The molecule has 0 aromatic heterocycles. The second kappa shape index (κ2) is 5.27. The van der Waals surface area contributed by atoms with Crippen molar-refractivity contribution in [2.24, 2.45) is 0 Å². The fraction of sp³-hybridized carbons (Fsp3) is 0.909. The average Bonchev–Trinajstić information content (AvgIpc) is 2.08. The Morgan fingerprint density at radius 2 is 2.06 bits per heavy atom. The number of rotatable bonds is 1. The van der Waals surface area contributed by atoms with E-state index >= 15 is 0 Å². The highest BCUT2D eigenvalue weighted by Gasteiger charge is 2.28. The van der Waals surface area contributed by atoms with Gasteiger partial charge >= 0.3 is 6.09 Å². The number of carbonyl (C=O) groups is 1. The molecule has 1 amide bonds. The van der Waals surface area contributed by atoms with Gasteiger partial charge in [0, 0.05) is 11.3 Å². The molecule has 5 heteroatoms. The first-order chi connectivity index (χ1) is 7.28. The third-order valence-electron chi connectivity index (χ3n) is 2.50. The van der Waals surface area contributed by atoms with Crippen molar-refractivity contribution < 1.29 is 14.6 Å². The topological polar surface area (TPSA) is 58.6 Å². The fourth-order valence-electron chi connectivity index (χ4n) is 1.74. The molecular weight excluding hydrogens is 226 g/mol. The van der Waals surface area contributed by atoms with E-state index in [9.17, 15) is 9.90 Å². The number of amides is 1. The molecule has 1 fully saturated rings. The second-order valence-electron chi connectivity index (χ2n) is 5.29. The Hall–Kier alpha value is -0.420. The minimum atomic E-state index is -0.483. The van der Waals surface area contributed by atoms with Gasteiger partial charge in [0.15, 0.2) is 0 Å². The summed E-state index contributed by atoms with van der Waals surface area (Å²) < 4.78 is 5.15. The van der Waals surface area contributed by atoms with Gasteiger partial charge in [0.05, 0.1) is 6.10 Å². The monoisotopic (exact) mass is 247 g/mol. The van der Waals surface area contributed by atoms with E-state index in [1.54, 1.807) is 0 Å². The molecule has 1 aliphatic rings. The van der Waals surface area contributed by atoms with Gasteiger partial charge in [-0.2, -0.15) is 12.6 Å².